The van der Waals surface area contributed by atoms with Gasteiger partial charge in [-0.2, -0.15) is 0 Å². The molecule has 1 unspecified atom stereocenters. The van der Waals surface area contributed by atoms with Crippen LogP contribution in [-0.2, 0) is 9.09 Å². The van der Waals surface area contributed by atoms with Gasteiger partial charge in [-0.05, 0) is 12.3 Å². The highest BCUT2D eigenvalue weighted by molar-refractivity contribution is 7.32. The lowest BCUT2D eigenvalue weighted by molar-refractivity contribution is 0.263. The Hall–Kier alpha value is 0.0200. The molecular formula is C5H12O3P+. The third kappa shape index (κ3) is 8.02. The van der Waals surface area contributed by atoms with Crippen LogP contribution in [0.2, 0.25) is 0 Å². The molecule has 3 nitrogen and oxygen atoms in total. The van der Waals surface area contributed by atoms with Gasteiger partial charge in [0.15, 0.2) is 0 Å². The molecule has 1 N–H and O–H groups in total. The summed E-state index contributed by atoms with van der Waals surface area (Å²) >= 11 is 0. The van der Waals surface area contributed by atoms with Crippen molar-refractivity contribution in [3.8, 4) is 0 Å². The number of hydrogen-bond donors (Lipinski definition) is 1. The molecule has 54 valence electrons. The van der Waals surface area contributed by atoms with E-state index in [-0.39, 0.29) is 0 Å². The van der Waals surface area contributed by atoms with Crippen LogP contribution in [0.4, 0.5) is 0 Å². The monoisotopic (exact) mass is 151 g/mol. The summed E-state index contributed by atoms with van der Waals surface area (Å²) in [5.41, 5.74) is 0. The third-order valence-corrected chi connectivity index (χ3v) is 1.30. The Morgan fingerprint density at radius 3 is 2.56 bits per heavy atom. The summed E-state index contributed by atoms with van der Waals surface area (Å²) in [5, 5.41) is 0. The van der Waals surface area contributed by atoms with Crippen molar-refractivity contribution in [2.75, 3.05) is 6.61 Å². The maximum atomic E-state index is 9.91. The second kappa shape index (κ2) is 4.86. The second-order valence-corrected chi connectivity index (χ2v) is 2.99. The van der Waals surface area contributed by atoms with E-state index >= 15 is 0 Å². The van der Waals surface area contributed by atoms with Gasteiger partial charge in [0.25, 0.3) is 0 Å². The van der Waals surface area contributed by atoms with Crippen molar-refractivity contribution in [3.63, 3.8) is 0 Å². The fourth-order valence-corrected chi connectivity index (χ4v) is 0.628. The minimum atomic E-state index is -2.38. The molecule has 0 bridgehead atoms. The summed E-state index contributed by atoms with van der Waals surface area (Å²) in [5.74, 6) is 0.528. The van der Waals surface area contributed by atoms with Crippen molar-refractivity contribution < 1.29 is 14.0 Å². The molecule has 0 fully saturated rings. The average Bonchev–Trinajstić information content (AvgIpc) is 1.63. The molecule has 1 atom stereocenters. The van der Waals surface area contributed by atoms with Crippen molar-refractivity contribution in [1.29, 1.82) is 0 Å². The Kier molecular flexibility index (Phi) is 4.87. The first-order valence-electron chi connectivity index (χ1n) is 2.92. The van der Waals surface area contributed by atoms with E-state index in [4.69, 9.17) is 4.89 Å². The summed E-state index contributed by atoms with van der Waals surface area (Å²) < 4.78 is 14.3. The molecule has 0 amide bonds. The summed E-state index contributed by atoms with van der Waals surface area (Å²) in [6.07, 6.45) is 0.835. The third-order valence-electron chi connectivity index (χ3n) is 0.897. The van der Waals surface area contributed by atoms with E-state index < -0.39 is 8.25 Å². The topological polar surface area (TPSA) is 46.5 Å². The summed E-state index contributed by atoms with van der Waals surface area (Å²) in [4.78, 5) is 8.15. The quantitative estimate of drug-likeness (QED) is 0.622. The molecule has 0 saturated heterocycles. The van der Waals surface area contributed by atoms with Crippen LogP contribution in [-0.4, -0.2) is 11.5 Å². The minimum absolute atomic E-state index is 0.378. The van der Waals surface area contributed by atoms with Gasteiger partial charge in [0.05, 0.1) is 0 Å². The van der Waals surface area contributed by atoms with Crippen LogP contribution in [0.15, 0.2) is 0 Å². The number of hydrogen-bond acceptors (Lipinski definition) is 2. The Bertz CT molecular complexity index is 92.2. The van der Waals surface area contributed by atoms with Gasteiger partial charge >= 0.3 is 8.25 Å². The SMILES string of the molecule is CC(C)CCO[P+](=O)O. The van der Waals surface area contributed by atoms with Crippen molar-refractivity contribution in [2.24, 2.45) is 5.92 Å². The minimum Gasteiger partial charge on any atom is -0.133 e. The van der Waals surface area contributed by atoms with Gasteiger partial charge < -0.3 is 0 Å². The smallest absolute Gasteiger partial charge is 0.133 e. The van der Waals surface area contributed by atoms with Crippen molar-refractivity contribution >= 4 is 8.25 Å². The highest BCUT2D eigenvalue weighted by Crippen LogP contribution is 2.15. The van der Waals surface area contributed by atoms with Crippen LogP contribution < -0.4 is 0 Å². The van der Waals surface area contributed by atoms with E-state index in [9.17, 15) is 4.57 Å². The molecule has 0 saturated carbocycles. The van der Waals surface area contributed by atoms with E-state index in [0.717, 1.165) is 6.42 Å². The van der Waals surface area contributed by atoms with E-state index in [1.165, 1.54) is 0 Å². The van der Waals surface area contributed by atoms with E-state index in [1.54, 1.807) is 0 Å². The molecule has 0 heterocycles. The number of rotatable bonds is 4. The van der Waals surface area contributed by atoms with Crippen molar-refractivity contribution in [2.45, 2.75) is 20.3 Å². The Morgan fingerprint density at radius 1 is 1.67 bits per heavy atom. The zero-order chi connectivity index (χ0) is 7.28. The van der Waals surface area contributed by atoms with Gasteiger partial charge in [-0.25, -0.2) is 0 Å². The zero-order valence-electron chi connectivity index (χ0n) is 5.70. The lowest BCUT2D eigenvalue weighted by Gasteiger charge is -1.96. The standard InChI is InChI=1S/C5H11O3P/c1-5(2)3-4-8-9(6)7/h5H,3-4H2,1-2H3/p+1. The Labute approximate surface area is 56.0 Å². The molecule has 0 spiro atoms. The van der Waals surface area contributed by atoms with Crippen LogP contribution in [0.1, 0.15) is 20.3 Å². The average molecular weight is 151 g/mol. The normalized spacial score (nSPS) is 12.2. The van der Waals surface area contributed by atoms with Crippen molar-refractivity contribution in [3.05, 3.63) is 0 Å². The predicted octanol–water partition coefficient (Wildman–Crippen LogP) is 1.70. The summed E-state index contributed by atoms with van der Waals surface area (Å²) in [6.45, 7) is 4.45. The maximum Gasteiger partial charge on any atom is 0.694 e. The fourth-order valence-electron chi connectivity index (χ4n) is 0.366. The van der Waals surface area contributed by atoms with Gasteiger partial charge in [-0.1, -0.05) is 13.8 Å². The summed E-state index contributed by atoms with van der Waals surface area (Å²) in [7, 11) is -2.38. The first-order chi connectivity index (χ1) is 4.13. The molecule has 0 rings (SSSR count). The second-order valence-electron chi connectivity index (χ2n) is 2.25. The molecule has 4 heteroatoms. The molecule has 0 aromatic rings. The van der Waals surface area contributed by atoms with Crippen LogP contribution in [0.25, 0.3) is 0 Å². The van der Waals surface area contributed by atoms with Gasteiger partial charge in [0.1, 0.15) is 6.61 Å². The lowest BCUT2D eigenvalue weighted by atomic mass is 10.2. The first kappa shape index (κ1) is 9.02. The van der Waals surface area contributed by atoms with E-state index in [1.807, 2.05) is 13.8 Å². The molecule has 9 heavy (non-hydrogen) atoms. The lowest BCUT2D eigenvalue weighted by Crippen LogP contribution is -1.93. The van der Waals surface area contributed by atoms with Gasteiger partial charge in [-0.3, -0.25) is 0 Å². The fraction of sp³-hybridized carbons (Fsp3) is 1.00. The van der Waals surface area contributed by atoms with Crippen LogP contribution in [0, 0.1) is 5.92 Å². The van der Waals surface area contributed by atoms with Crippen LogP contribution in [0.5, 0.6) is 0 Å². The molecule has 0 aliphatic rings. The molecular weight excluding hydrogens is 139 g/mol. The zero-order valence-corrected chi connectivity index (χ0v) is 6.60. The van der Waals surface area contributed by atoms with Crippen LogP contribution in [0.3, 0.4) is 0 Å². The maximum absolute atomic E-state index is 9.91. The van der Waals surface area contributed by atoms with Gasteiger partial charge in [0.2, 0.25) is 0 Å². The van der Waals surface area contributed by atoms with Gasteiger partial charge in [-0.15, -0.1) is 9.42 Å². The Morgan fingerprint density at radius 2 is 2.22 bits per heavy atom. The first-order valence-corrected chi connectivity index (χ1v) is 4.05. The highest BCUT2D eigenvalue weighted by Gasteiger charge is 2.10. The summed E-state index contributed by atoms with van der Waals surface area (Å²) in [6, 6.07) is 0. The van der Waals surface area contributed by atoms with E-state index in [2.05, 4.69) is 4.52 Å². The van der Waals surface area contributed by atoms with Crippen molar-refractivity contribution in [1.82, 2.24) is 0 Å². The molecule has 0 aromatic heterocycles. The molecule has 0 aliphatic heterocycles. The molecule has 0 aliphatic carbocycles. The highest BCUT2D eigenvalue weighted by atomic mass is 31.1. The molecule has 0 aromatic carbocycles. The largest absolute Gasteiger partial charge is 0.694 e. The predicted molar refractivity (Wildman–Crippen MR) is 35.2 cm³/mol. The van der Waals surface area contributed by atoms with Gasteiger partial charge in [0, 0.05) is 4.57 Å². The Balaban J connectivity index is 3.01. The van der Waals surface area contributed by atoms with Crippen LogP contribution >= 0.6 is 8.25 Å². The molecule has 0 radical (unpaired) electrons. The van der Waals surface area contributed by atoms with E-state index in [0.29, 0.717) is 12.5 Å².